The lowest BCUT2D eigenvalue weighted by molar-refractivity contribution is -0.157. The Morgan fingerprint density at radius 1 is 1.11 bits per heavy atom. The van der Waals surface area contributed by atoms with E-state index in [1.807, 2.05) is 31.2 Å². The Labute approximate surface area is 156 Å². The molecule has 0 bridgehead atoms. The molecule has 7 nitrogen and oxygen atoms in total. The van der Waals surface area contributed by atoms with Gasteiger partial charge in [-0.25, -0.2) is 4.79 Å². The molecule has 0 saturated carbocycles. The van der Waals surface area contributed by atoms with E-state index in [9.17, 15) is 9.59 Å². The Morgan fingerprint density at radius 3 is 2.78 bits per heavy atom. The highest BCUT2D eigenvalue weighted by Crippen LogP contribution is 2.33. The van der Waals surface area contributed by atoms with E-state index in [4.69, 9.17) is 18.9 Å². The van der Waals surface area contributed by atoms with Gasteiger partial charge in [-0.2, -0.15) is 0 Å². The molecule has 140 valence electrons. The number of anilines is 1. The summed E-state index contributed by atoms with van der Waals surface area (Å²) in [5.41, 5.74) is 1.70. The number of hydrogen-bond donors (Lipinski definition) is 0. The van der Waals surface area contributed by atoms with Crippen molar-refractivity contribution < 1.29 is 28.5 Å². The lowest BCUT2D eigenvalue weighted by Gasteiger charge is -2.30. The number of carbonyl (C=O) groups is 2. The first kappa shape index (κ1) is 17.2. The summed E-state index contributed by atoms with van der Waals surface area (Å²) in [6, 6.07) is 12.7. The molecule has 0 fully saturated rings. The van der Waals surface area contributed by atoms with E-state index in [1.54, 1.807) is 23.1 Å². The molecule has 0 unspecified atom stereocenters. The van der Waals surface area contributed by atoms with Crippen molar-refractivity contribution in [1.82, 2.24) is 0 Å². The molecule has 1 amide bonds. The zero-order valence-corrected chi connectivity index (χ0v) is 14.8. The van der Waals surface area contributed by atoms with E-state index in [0.29, 0.717) is 36.1 Å². The molecule has 0 N–H and O–H groups in total. The van der Waals surface area contributed by atoms with Gasteiger partial charge in [-0.05, 0) is 36.8 Å². The molecule has 0 aromatic heterocycles. The van der Waals surface area contributed by atoms with Crippen LogP contribution in [-0.2, 0) is 14.3 Å². The van der Waals surface area contributed by atoms with Gasteiger partial charge in [0.2, 0.25) is 6.10 Å². The van der Waals surface area contributed by atoms with Crippen LogP contribution in [0.3, 0.4) is 0 Å². The molecule has 2 heterocycles. The molecule has 0 aliphatic carbocycles. The number of aryl methyl sites for hydroxylation is 1. The average molecular weight is 369 g/mol. The number of ether oxygens (including phenoxy) is 4. The van der Waals surface area contributed by atoms with Crippen molar-refractivity contribution in [2.45, 2.75) is 13.0 Å². The summed E-state index contributed by atoms with van der Waals surface area (Å²) in [6.45, 7) is 2.42. The predicted molar refractivity (Wildman–Crippen MR) is 96.3 cm³/mol. The molecule has 0 spiro atoms. The van der Waals surface area contributed by atoms with Crippen LogP contribution in [0.5, 0.6) is 17.2 Å². The number of benzene rings is 2. The summed E-state index contributed by atoms with van der Waals surface area (Å²) in [6.07, 6.45) is -0.896. The third kappa shape index (κ3) is 3.53. The SMILES string of the molecule is Cc1ccc2c(c1)N(C(=O)COC(=O)[C@@H]1COc3ccccc3O1)CCO2. The molecule has 0 saturated heterocycles. The van der Waals surface area contributed by atoms with Gasteiger partial charge in [-0.1, -0.05) is 18.2 Å². The van der Waals surface area contributed by atoms with Crippen molar-refractivity contribution in [1.29, 1.82) is 0 Å². The van der Waals surface area contributed by atoms with E-state index < -0.39 is 12.1 Å². The molecular formula is C20H19NO6. The maximum Gasteiger partial charge on any atom is 0.351 e. The minimum atomic E-state index is -0.896. The Bertz CT molecular complexity index is 881. The van der Waals surface area contributed by atoms with E-state index in [2.05, 4.69) is 0 Å². The minimum Gasteiger partial charge on any atom is -0.490 e. The molecule has 2 aliphatic heterocycles. The number of nitrogens with zero attached hydrogens (tertiary/aromatic N) is 1. The van der Waals surface area contributed by atoms with Gasteiger partial charge < -0.3 is 23.8 Å². The van der Waals surface area contributed by atoms with Crippen LogP contribution in [-0.4, -0.2) is 44.3 Å². The van der Waals surface area contributed by atoms with Gasteiger partial charge in [0.25, 0.3) is 5.91 Å². The zero-order valence-electron chi connectivity index (χ0n) is 14.8. The van der Waals surface area contributed by atoms with Gasteiger partial charge in [0.05, 0.1) is 12.2 Å². The summed E-state index contributed by atoms with van der Waals surface area (Å²) in [5.74, 6) is 0.769. The summed E-state index contributed by atoms with van der Waals surface area (Å²) in [4.78, 5) is 26.4. The highest BCUT2D eigenvalue weighted by atomic mass is 16.6. The predicted octanol–water partition coefficient (Wildman–Crippen LogP) is 2.10. The number of para-hydroxylation sites is 2. The number of amides is 1. The fourth-order valence-electron chi connectivity index (χ4n) is 3.03. The fourth-order valence-corrected chi connectivity index (χ4v) is 3.03. The molecule has 0 radical (unpaired) electrons. The Balaban J connectivity index is 1.38. The first-order valence-corrected chi connectivity index (χ1v) is 8.71. The highest BCUT2D eigenvalue weighted by molar-refractivity contribution is 5.97. The van der Waals surface area contributed by atoms with Crippen LogP contribution < -0.4 is 19.1 Å². The van der Waals surface area contributed by atoms with Gasteiger partial charge in [0, 0.05) is 0 Å². The average Bonchev–Trinajstić information content (AvgIpc) is 2.70. The van der Waals surface area contributed by atoms with Crippen molar-refractivity contribution >= 4 is 17.6 Å². The topological polar surface area (TPSA) is 74.3 Å². The molecule has 2 aliphatic rings. The number of carbonyl (C=O) groups excluding carboxylic acids is 2. The number of fused-ring (bicyclic) bond motifs is 2. The first-order chi connectivity index (χ1) is 13.1. The van der Waals surface area contributed by atoms with Crippen LogP contribution in [0.1, 0.15) is 5.56 Å². The van der Waals surface area contributed by atoms with Gasteiger partial charge in [0.1, 0.15) is 19.0 Å². The molecule has 2 aromatic carbocycles. The molecule has 1 atom stereocenters. The maximum atomic E-state index is 12.6. The second-order valence-electron chi connectivity index (χ2n) is 6.34. The molecule has 27 heavy (non-hydrogen) atoms. The summed E-state index contributed by atoms with van der Waals surface area (Å²) in [5, 5.41) is 0. The molecule has 7 heteroatoms. The number of rotatable bonds is 3. The second kappa shape index (κ2) is 7.19. The molecule has 4 rings (SSSR count). The van der Waals surface area contributed by atoms with Gasteiger partial charge >= 0.3 is 5.97 Å². The highest BCUT2D eigenvalue weighted by Gasteiger charge is 2.30. The van der Waals surface area contributed by atoms with Gasteiger partial charge in [-0.15, -0.1) is 0 Å². The summed E-state index contributed by atoms with van der Waals surface area (Å²) in [7, 11) is 0. The van der Waals surface area contributed by atoms with Crippen LogP contribution in [0.4, 0.5) is 5.69 Å². The van der Waals surface area contributed by atoms with Crippen LogP contribution >= 0.6 is 0 Å². The smallest absolute Gasteiger partial charge is 0.351 e. The fraction of sp³-hybridized carbons (Fsp3) is 0.300. The minimum absolute atomic E-state index is 0.0453. The van der Waals surface area contributed by atoms with Crippen molar-refractivity contribution in [3.8, 4) is 17.2 Å². The second-order valence-corrected chi connectivity index (χ2v) is 6.34. The lowest BCUT2D eigenvalue weighted by atomic mass is 10.1. The van der Waals surface area contributed by atoms with E-state index in [1.165, 1.54) is 0 Å². The normalized spacial score (nSPS) is 17.5. The molecular weight excluding hydrogens is 350 g/mol. The lowest BCUT2D eigenvalue weighted by Crippen LogP contribution is -2.43. The largest absolute Gasteiger partial charge is 0.490 e. The van der Waals surface area contributed by atoms with Crippen LogP contribution in [0.25, 0.3) is 0 Å². The van der Waals surface area contributed by atoms with E-state index in [-0.39, 0.29) is 19.1 Å². The summed E-state index contributed by atoms with van der Waals surface area (Å²) < 4.78 is 21.9. The van der Waals surface area contributed by atoms with Crippen LogP contribution in [0.2, 0.25) is 0 Å². The Hall–Kier alpha value is -3.22. The first-order valence-electron chi connectivity index (χ1n) is 8.71. The third-order valence-corrected chi connectivity index (χ3v) is 4.39. The quantitative estimate of drug-likeness (QED) is 0.772. The third-order valence-electron chi connectivity index (χ3n) is 4.39. The van der Waals surface area contributed by atoms with E-state index >= 15 is 0 Å². The standard InChI is InChI=1S/C20H19NO6/c1-13-6-7-15-14(10-13)21(8-9-24-15)19(22)12-26-20(23)18-11-25-16-4-2-3-5-17(16)27-18/h2-7,10,18H,8-9,11-12H2,1H3/t18-/m0/s1. The van der Waals surface area contributed by atoms with Crippen LogP contribution in [0, 0.1) is 6.92 Å². The van der Waals surface area contributed by atoms with Crippen molar-refractivity contribution in [2.24, 2.45) is 0 Å². The van der Waals surface area contributed by atoms with E-state index in [0.717, 1.165) is 5.56 Å². The van der Waals surface area contributed by atoms with Crippen LogP contribution in [0.15, 0.2) is 42.5 Å². The van der Waals surface area contributed by atoms with Gasteiger partial charge in [-0.3, -0.25) is 4.79 Å². The summed E-state index contributed by atoms with van der Waals surface area (Å²) >= 11 is 0. The number of esters is 1. The van der Waals surface area contributed by atoms with Crippen molar-refractivity contribution in [2.75, 3.05) is 31.3 Å². The number of hydrogen-bond acceptors (Lipinski definition) is 6. The molecule has 2 aromatic rings. The van der Waals surface area contributed by atoms with Crippen molar-refractivity contribution in [3.63, 3.8) is 0 Å². The maximum absolute atomic E-state index is 12.6. The Morgan fingerprint density at radius 2 is 1.93 bits per heavy atom. The monoisotopic (exact) mass is 369 g/mol. The van der Waals surface area contributed by atoms with Crippen molar-refractivity contribution in [3.05, 3.63) is 48.0 Å². The zero-order chi connectivity index (χ0) is 18.8. The van der Waals surface area contributed by atoms with Gasteiger partial charge in [0.15, 0.2) is 18.1 Å². The Kier molecular flexibility index (Phi) is 4.58.